The Kier molecular flexibility index (Phi) is 8.35. The van der Waals surface area contributed by atoms with Crippen molar-refractivity contribution >= 4 is 11.9 Å². The second-order valence-electron chi connectivity index (χ2n) is 7.42. The summed E-state index contributed by atoms with van der Waals surface area (Å²) in [6, 6.07) is 0. The summed E-state index contributed by atoms with van der Waals surface area (Å²) in [7, 11) is 1.96. The molecule has 0 bridgehead atoms. The fourth-order valence-electron chi connectivity index (χ4n) is 2.93. The first-order valence-corrected chi connectivity index (χ1v) is 9.89. The molecular formula is C21H32N6O2. The van der Waals surface area contributed by atoms with Crippen LogP contribution >= 0.6 is 0 Å². The summed E-state index contributed by atoms with van der Waals surface area (Å²) >= 11 is 0. The second kappa shape index (κ2) is 10.7. The lowest BCUT2D eigenvalue weighted by Gasteiger charge is -2.26. The largest absolute Gasteiger partial charge is 0.394 e. The van der Waals surface area contributed by atoms with Crippen molar-refractivity contribution in [2.45, 2.75) is 39.8 Å². The molecule has 1 aliphatic heterocycles. The average Bonchev–Trinajstić information content (AvgIpc) is 3.14. The van der Waals surface area contributed by atoms with Crippen LogP contribution < -0.4 is 5.32 Å². The predicted octanol–water partition coefficient (Wildman–Crippen LogP) is 1.89. The van der Waals surface area contributed by atoms with Gasteiger partial charge in [0.25, 0.3) is 0 Å². The molecule has 0 aromatic carbocycles. The lowest BCUT2D eigenvalue weighted by Crippen LogP contribution is -2.27. The minimum absolute atomic E-state index is 0.191. The number of nitrogens with one attached hydrogen (secondary N) is 2. The highest BCUT2D eigenvalue weighted by Crippen LogP contribution is 2.24. The Morgan fingerprint density at radius 2 is 2.14 bits per heavy atom. The quantitative estimate of drug-likeness (QED) is 0.448. The number of hydrogen-bond acceptors (Lipinski definition) is 7. The van der Waals surface area contributed by atoms with Crippen LogP contribution in [0.25, 0.3) is 0 Å². The van der Waals surface area contributed by atoms with Gasteiger partial charge in [-0.05, 0) is 12.3 Å². The molecule has 0 spiro atoms. The SMILES string of the molecule is CC/C=C1/C(c2cnn(CC(C)C)c2)=NC(/C(C=N)=C/NC[C@@H](O)CO)=CN1C. The topological polar surface area (TPSA) is 110 Å². The predicted molar refractivity (Wildman–Crippen MR) is 116 cm³/mol. The van der Waals surface area contributed by atoms with Gasteiger partial charge in [0, 0.05) is 56.1 Å². The normalized spacial score (nSPS) is 17.4. The summed E-state index contributed by atoms with van der Waals surface area (Å²) in [5.74, 6) is 0.493. The van der Waals surface area contributed by atoms with Crippen LogP contribution in [0.2, 0.25) is 0 Å². The van der Waals surface area contributed by atoms with Gasteiger partial charge in [0.2, 0.25) is 0 Å². The fourth-order valence-corrected chi connectivity index (χ4v) is 2.93. The van der Waals surface area contributed by atoms with Crippen molar-refractivity contribution in [3.8, 4) is 0 Å². The molecule has 1 aliphatic rings. The highest BCUT2D eigenvalue weighted by atomic mass is 16.3. The van der Waals surface area contributed by atoms with E-state index in [0.29, 0.717) is 17.2 Å². The molecule has 2 rings (SSSR count). The number of nitrogens with zero attached hydrogens (tertiary/aromatic N) is 4. The number of aliphatic hydroxyl groups excluding tert-OH is 2. The van der Waals surface area contributed by atoms with Crippen LogP contribution in [-0.4, -0.2) is 63.1 Å². The minimum Gasteiger partial charge on any atom is -0.394 e. The van der Waals surface area contributed by atoms with E-state index < -0.39 is 6.10 Å². The molecule has 0 radical (unpaired) electrons. The third-order valence-corrected chi connectivity index (χ3v) is 4.30. The first-order chi connectivity index (χ1) is 13.9. The van der Waals surface area contributed by atoms with E-state index >= 15 is 0 Å². The van der Waals surface area contributed by atoms with E-state index in [9.17, 15) is 5.11 Å². The molecular weight excluding hydrogens is 368 g/mol. The second-order valence-corrected chi connectivity index (χ2v) is 7.42. The zero-order valence-corrected chi connectivity index (χ0v) is 17.6. The van der Waals surface area contributed by atoms with Gasteiger partial charge in [-0.2, -0.15) is 5.10 Å². The van der Waals surface area contributed by atoms with Crippen molar-refractivity contribution in [2.24, 2.45) is 10.9 Å². The molecule has 8 heteroatoms. The third-order valence-electron chi connectivity index (χ3n) is 4.30. The highest BCUT2D eigenvalue weighted by Gasteiger charge is 2.21. The Morgan fingerprint density at radius 1 is 1.38 bits per heavy atom. The maximum absolute atomic E-state index is 9.48. The highest BCUT2D eigenvalue weighted by molar-refractivity contribution is 6.13. The van der Waals surface area contributed by atoms with Crippen LogP contribution in [0, 0.1) is 11.3 Å². The Labute approximate surface area is 172 Å². The van der Waals surface area contributed by atoms with Gasteiger partial charge in [-0.3, -0.25) is 4.68 Å². The van der Waals surface area contributed by atoms with Crippen molar-refractivity contribution < 1.29 is 10.2 Å². The molecule has 1 aromatic rings. The average molecular weight is 401 g/mol. The van der Waals surface area contributed by atoms with E-state index in [2.05, 4.69) is 37.3 Å². The first-order valence-electron chi connectivity index (χ1n) is 9.89. The number of aliphatic hydroxyl groups is 2. The minimum atomic E-state index is -0.855. The summed E-state index contributed by atoms with van der Waals surface area (Å²) in [4.78, 5) is 6.83. The lowest BCUT2D eigenvalue weighted by atomic mass is 10.1. The van der Waals surface area contributed by atoms with E-state index in [1.54, 1.807) is 6.20 Å². The van der Waals surface area contributed by atoms with E-state index in [-0.39, 0.29) is 13.2 Å². The molecule has 0 aliphatic carbocycles. The molecule has 1 atom stereocenters. The van der Waals surface area contributed by atoms with Crippen LogP contribution in [0.1, 0.15) is 32.8 Å². The molecule has 4 N–H and O–H groups in total. The molecule has 8 nitrogen and oxygen atoms in total. The molecule has 0 fully saturated rings. The summed E-state index contributed by atoms with van der Waals surface area (Å²) in [6.45, 7) is 7.09. The van der Waals surface area contributed by atoms with Crippen molar-refractivity contribution in [3.05, 3.63) is 53.4 Å². The van der Waals surface area contributed by atoms with Crippen LogP contribution in [-0.2, 0) is 6.54 Å². The third kappa shape index (κ3) is 6.13. The number of aliphatic imine (C=N–C) groups is 1. The lowest BCUT2D eigenvalue weighted by molar-refractivity contribution is 0.0972. The molecule has 0 unspecified atom stereocenters. The van der Waals surface area contributed by atoms with Gasteiger partial charge in [-0.15, -0.1) is 0 Å². The number of hydrogen-bond donors (Lipinski definition) is 4. The molecule has 158 valence electrons. The summed E-state index contributed by atoms with van der Waals surface area (Å²) in [6.07, 6.45) is 10.7. The van der Waals surface area contributed by atoms with Gasteiger partial charge >= 0.3 is 0 Å². The Bertz CT molecular complexity index is 819. The number of rotatable bonds is 10. The Morgan fingerprint density at radius 3 is 2.76 bits per heavy atom. The Hall–Kier alpha value is -2.71. The van der Waals surface area contributed by atoms with Crippen molar-refractivity contribution in [1.82, 2.24) is 20.0 Å². The van der Waals surface area contributed by atoms with E-state index in [4.69, 9.17) is 15.5 Å². The zero-order valence-electron chi connectivity index (χ0n) is 17.6. The van der Waals surface area contributed by atoms with Gasteiger partial charge in [0.1, 0.15) is 0 Å². The van der Waals surface area contributed by atoms with Crippen molar-refractivity contribution in [3.63, 3.8) is 0 Å². The molecule has 2 heterocycles. The maximum Gasteiger partial charge on any atom is 0.0974 e. The first kappa shape index (κ1) is 22.6. The number of aromatic nitrogens is 2. The van der Waals surface area contributed by atoms with Gasteiger partial charge in [-0.25, -0.2) is 4.99 Å². The van der Waals surface area contributed by atoms with Crippen LogP contribution in [0.3, 0.4) is 0 Å². The van der Waals surface area contributed by atoms with Crippen LogP contribution in [0.5, 0.6) is 0 Å². The summed E-state index contributed by atoms with van der Waals surface area (Å²) in [5.41, 5.74) is 3.94. The van der Waals surface area contributed by atoms with Crippen LogP contribution in [0.4, 0.5) is 0 Å². The number of allylic oxidation sites excluding steroid dienone is 3. The molecule has 1 aromatic heterocycles. The summed E-state index contributed by atoms with van der Waals surface area (Å²) in [5, 5.41) is 33.6. The Balaban J connectivity index is 2.37. The monoisotopic (exact) mass is 400 g/mol. The zero-order chi connectivity index (χ0) is 21.4. The van der Waals surface area contributed by atoms with Crippen LogP contribution in [0.15, 0.2) is 52.8 Å². The van der Waals surface area contributed by atoms with Gasteiger partial charge in [0.05, 0.1) is 36.0 Å². The standard InChI is InChI=1S/C21H32N6O2/c1-5-6-20-21(17-9-24-27(12-17)11-15(2)3)25-19(13-26(20)4)16(7-22)8-23-10-18(29)14-28/h6-9,12-13,15,18,22-23,28-29H,5,10-11,14H2,1-4H3/b16-8+,20-6-,22-7?/t18-/m1/s1. The molecule has 0 saturated carbocycles. The van der Waals surface area contributed by atoms with Gasteiger partial charge < -0.3 is 25.8 Å². The van der Waals surface area contributed by atoms with Gasteiger partial charge in [0.15, 0.2) is 0 Å². The van der Waals surface area contributed by atoms with Gasteiger partial charge in [-0.1, -0.05) is 26.8 Å². The van der Waals surface area contributed by atoms with Crippen molar-refractivity contribution in [2.75, 3.05) is 20.2 Å². The molecule has 29 heavy (non-hydrogen) atoms. The summed E-state index contributed by atoms with van der Waals surface area (Å²) < 4.78 is 1.93. The number of likely N-dealkylation sites (N-methyl/N-ethyl adjacent to an activating group) is 1. The molecule has 0 saturated heterocycles. The fraction of sp³-hybridized carbons (Fsp3) is 0.476. The maximum atomic E-state index is 9.48. The van der Waals surface area contributed by atoms with Crippen molar-refractivity contribution in [1.29, 1.82) is 5.41 Å². The van der Waals surface area contributed by atoms with E-state index in [1.807, 2.05) is 35.2 Å². The van der Waals surface area contributed by atoms with E-state index in [0.717, 1.165) is 29.9 Å². The van der Waals surface area contributed by atoms with E-state index in [1.165, 1.54) is 6.21 Å². The molecule has 0 amide bonds. The smallest absolute Gasteiger partial charge is 0.0974 e.